The summed E-state index contributed by atoms with van der Waals surface area (Å²) in [6, 6.07) is 0. The molecule has 76 valence electrons. The summed E-state index contributed by atoms with van der Waals surface area (Å²) in [5.41, 5.74) is 0.615. The van der Waals surface area contributed by atoms with Crippen LogP contribution in [0.3, 0.4) is 0 Å². The lowest BCUT2D eigenvalue weighted by Gasteiger charge is -2.02. The Balaban J connectivity index is 2.69. The molecule has 1 aromatic rings. The van der Waals surface area contributed by atoms with E-state index < -0.39 is 5.97 Å². The average Bonchev–Trinajstić information content (AvgIpc) is 2.19. The van der Waals surface area contributed by atoms with Crippen LogP contribution in [0, 0.1) is 0 Å². The van der Waals surface area contributed by atoms with Crippen molar-refractivity contribution in [2.45, 2.75) is 5.75 Å². The van der Waals surface area contributed by atoms with Gasteiger partial charge in [-0.25, -0.2) is 14.8 Å². The maximum atomic E-state index is 10.7. The minimum atomic E-state index is -1.02. The van der Waals surface area contributed by atoms with Crippen LogP contribution in [-0.2, 0) is 5.75 Å². The second-order valence-electron chi connectivity index (χ2n) is 2.46. The van der Waals surface area contributed by atoms with E-state index in [0.717, 1.165) is 0 Å². The quantitative estimate of drug-likeness (QED) is 0.690. The first-order valence-electron chi connectivity index (χ1n) is 3.96. The highest BCUT2D eigenvalue weighted by molar-refractivity contribution is 7.98. The van der Waals surface area contributed by atoms with Crippen LogP contribution in [-0.4, -0.2) is 38.5 Å². The van der Waals surface area contributed by atoms with Gasteiger partial charge in [0.15, 0.2) is 0 Å². The normalized spacial score (nSPS) is 10.1. The summed E-state index contributed by atoms with van der Waals surface area (Å²) < 4.78 is 0. The van der Waals surface area contributed by atoms with Crippen molar-refractivity contribution in [1.82, 2.24) is 9.97 Å². The SMILES string of the molecule is O=C(O)c1cncnc1CSCCO. The predicted octanol–water partition coefficient (Wildman–Crippen LogP) is 0.400. The number of nitrogens with zero attached hydrogens (tertiary/aromatic N) is 2. The van der Waals surface area contributed by atoms with E-state index in [9.17, 15) is 4.79 Å². The third kappa shape index (κ3) is 2.97. The summed E-state index contributed by atoms with van der Waals surface area (Å²) in [7, 11) is 0. The van der Waals surface area contributed by atoms with Crippen LogP contribution in [0.15, 0.2) is 12.5 Å². The molecule has 0 fully saturated rings. The van der Waals surface area contributed by atoms with E-state index in [1.807, 2.05) is 0 Å². The Morgan fingerprint density at radius 2 is 2.36 bits per heavy atom. The first kappa shape index (κ1) is 10.9. The van der Waals surface area contributed by atoms with Crippen LogP contribution >= 0.6 is 11.8 Å². The monoisotopic (exact) mass is 214 g/mol. The van der Waals surface area contributed by atoms with Crippen molar-refractivity contribution in [2.24, 2.45) is 0 Å². The molecule has 1 rings (SSSR count). The molecule has 0 aliphatic heterocycles. The van der Waals surface area contributed by atoms with E-state index >= 15 is 0 Å². The van der Waals surface area contributed by atoms with Crippen LogP contribution in [0.25, 0.3) is 0 Å². The summed E-state index contributed by atoms with van der Waals surface area (Å²) in [5.74, 6) is 0.0264. The third-order valence-corrected chi connectivity index (χ3v) is 2.45. The van der Waals surface area contributed by atoms with Gasteiger partial charge >= 0.3 is 5.97 Å². The average molecular weight is 214 g/mol. The number of aliphatic hydroxyl groups is 1. The smallest absolute Gasteiger partial charge is 0.339 e. The van der Waals surface area contributed by atoms with E-state index in [1.165, 1.54) is 24.3 Å². The number of carboxylic acid groups (broad SMARTS) is 1. The molecule has 0 aromatic carbocycles. The Labute approximate surface area is 85.2 Å². The molecule has 1 heterocycles. The number of carboxylic acids is 1. The van der Waals surface area contributed by atoms with Crippen molar-refractivity contribution >= 4 is 17.7 Å². The van der Waals surface area contributed by atoms with Gasteiger partial charge in [0.1, 0.15) is 11.9 Å². The Morgan fingerprint density at radius 1 is 1.57 bits per heavy atom. The van der Waals surface area contributed by atoms with Crippen molar-refractivity contribution in [3.8, 4) is 0 Å². The molecule has 0 radical (unpaired) electrons. The summed E-state index contributed by atoms with van der Waals surface area (Å²) in [6.07, 6.45) is 2.60. The molecule has 1 aromatic heterocycles. The maximum absolute atomic E-state index is 10.7. The van der Waals surface area contributed by atoms with Gasteiger partial charge in [0.2, 0.25) is 0 Å². The molecule has 0 saturated carbocycles. The Morgan fingerprint density at radius 3 is 3.00 bits per heavy atom. The number of rotatable bonds is 5. The molecule has 0 unspecified atom stereocenters. The third-order valence-electron chi connectivity index (χ3n) is 1.50. The molecule has 0 aliphatic rings. The van der Waals surface area contributed by atoms with Gasteiger partial charge in [-0.2, -0.15) is 11.8 Å². The number of aromatic carboxylic acids is 1. The standard InChI is InChI=1S/C8H10N2O3S/c11-1-2-14-4-7-6(8(12)13)3-9-5-10-7/h3,5,11H,1-2,4H2,(H,12,13). The molecule has 0 spiro atoms. The van der Waals surface area contributed by atoms with Gasteiger partial charge < -0.3 is 10.2 Å². The first-order chi connectivity index (χ1) is 6.75. The molecule has 6 heteroatoms. The number of thioether (sulfide) groups is 1. The summed E-state index contributed by atoms with van der Waals surface area (Å²) in [6.45, 7) is 0.0815. The fraction of sp³-hybridized carbons (Fsp3) is 0.375. The molecular weight excluding hydrogens is 204 g/mol. The van der Waals surface area contributed by atoms with Crippen molar-refractivity contribution in [1.29, 1.82) is 0 Å². The molecule has 2 N–H and O–H groups in total. The van der Waals surface area contributed by atoms with Crippen molar-refractivity contribution in [3.63, 3.8) is 0 Å². The van der Waals surface area contributed by atoms with Crippen LogP contribution in [0.5, 0.6) is 0 Å². The first-order valence-corrected chi connectivity index (χ1v) is 5.12. The van der Waals surface area contributed by atoms with Crippen molar-refractivity contribution in [2.75, 3.05) is 12.4 Å². The second kappa shape index (κ2) is 5.56. The second-order valence-corrected chi connectivity index (χ2v) is 3.57. The van der Waals surface area contributed by atoms with Gasteiger partial charge in [-0.1, -0.05) is 0 Å². The lowest BCUT2D eigenvalue weighted by atomic mass is 10.2. The highest BCUT2D eigenvalue weighted by atomic mass is 32.2. The molecule has 0 atom stereocenters. The van der Waals surface area contributed by atoms with Crippen LogP contribution in [0.4, 0.5) is 0 Å². The summed E-state index contributed by atoms with van der Waals surface area (Å²) in [5, 5.41) is 17.3. The van der Waals surface area contributed by atoms with E-state index in [2.05, 4.69) is 9.97 Å². The van der Waals surface area contributed by atoms with E-state index in [1.54, 1.807) is 0 Å². The van der Waals surface area contributed by atoms with Gasteiger partial charge in [0.05, 0.1) is 12.3 Å². The van der Waals surface area contributed by atoms with E-state index in [-0.39, 0.29) is 12.2 Å². The molecule has 0 amide bonds. The van der Waals surface area contributed by atoms with Crippen molar-refractivity contribution in [3.05, 3.63) is 23.8 Å². The van der Waals surface area contributed by atoms with Gasteiger partial charge in [0, 0.05) is 17.7 Å². The Kier molecular flexibility index (Phi) is 4.34. The van der Waals surface area contributed by atoms with E-state index in [4.69, 9.17) is 10.2 Å². The predicted molar refractivity (Wildman–Crippen MR) is 52.2 cm³/mol. The molecule has 0 bridgehead atoms. The largest absolute Gasteiger partial charge is 0.478 e. The zero-order valence-corrected chi connectivity index (χ0v) is 8.20. The zero-order chi connectivity index (χ0) is 10.4. The van der Waals surface area contributed by atoms with Crippen LogP contribution in [0.2, 0.25) is 0 Å². The number of hydrogen-bond acceptors (Lipinski definition) is 5. The van der Waals surface area contributed by atoms with Crippen LogP contribution in [0.1, 0.15) is 16.1 Å². The minimum Gasteiger partial charge on any atom is -0.478 e. The van der Waals surface area contributed by atoms with Gasteiger partial charge in [-0.15, -0.1) is 0 Å². The number of aliphatic hydroxyl groups excluding tert-OH is 1. The highest BCUT2D eigenvalue weighted by Gasteiger charge is 2.10. The molecule has 0 aliphatic carbocycles. The fourth-order valence-electron chi connectivity index (χ4n) is 0.882. The van der Waals surface area contributed by atoms with Gasteiger partial charge in [-0.05, 0) is 0 Å². The fourth-order valence-corrected chi connectivity index (χ4v) is 1.58. The Bertz CT molecular complexity index is 319. The van der Waals surface area contributed by atoms with Gasteiger partial charge in [-0.3, -0.25) is 0 Å². The van der Waals surface area contributed by atoms with Gasteiger partial charge in [0.25, 0.3) is 0 Å². The molecular formula is C8H10N2O3S. The van der Waals surface area contributed by atoms with Crippen molar-refractivity contribution < 1.29 is 15.0 Å². The van der Waals surface area contributed by atoms with E-state index in [0.29, 0.717) is 17.2 Å². The number of hydrogen-bond donors (Lipinski definition) is 2. The summed E-state index contributed by atoms with van der Waals surface area (Å²) in [4.78, 5) is 18.2. The minimum absolute atomic E-state index is 0.0815. The Hall–Kier alpha value is -1.14. The molecule has 14 heavy (non-hydrogen) atoms. The lowest BCUT2D eigenvalue weighted by Crippen LogP contribution is -2.05. The summed E-state index contributed by atoms with van der Waals surface area (Å²) >= 11 is 1.43. The topological polar surface area (TPSA) is 83.3 Å². The van der Waals surface area contributed by atoms with Crippen LogP contribution < -0.4 is 0 Å². The number of aromatic nitrogens is 2. The zero-order valence-electron chi connectivity index (χ0n) is 7.38. The molecule has 5 nitrogen and oxygen atoms in total. The molecule has 0 saturated heterocycles. The maximum Gasteiger partial charge on any atom is 0.339 e. The lowest BCUT2D eigenvalue weighted by molar-refractivity contribution is 0.0695. The highest BCUT2D eigenvalue weighted by Crippen LogP contribution is 2.12. The number of carbonyl (C=O) groups is 1.